The minimum atomic E-state index is -2.71. The Labute approximate surface area is 160 Å². The standard InChI is InChI=1S/C19H21ClF2N2O3/c20-14-2-8-23-17-16(14)13(9-24(17)12-10-27-11-12)15(25)1-3-18(26)4-6-19(21,22)7-5-18/h2,8-9,12,26H,1,3-7,10-11H2. The van der Waals surface area contributed by atoms with Crippen LogP contribution >= 0.6 is 11.6 Å². The Morgan fingerprint density at radius 2 is 2.04 bits per heavy atom. The lowest BCUT2D eigenvalue weighted by molar-refractivity contribution is -0.105. The van der Waals surface area contributed by atoms with E-state index in [0.29, 0.717) is 34.8 Å². The summed E-state index contributed by atoms with van der Waals surface area (Å²) in [6.07, 6.45) is 2.93. The van der Waals surface area contributed by atoms with Gasteiger partial charge in [0.15, 0.2) is 5.78 Å². The number of carbonyl (C=O) groups is 1. The fourth-order valence-electron chi connectivity index (χ4n) is 3.82. The predicted octanol–water partition coefficient (Wildman–Crippen LogP) is 4.16. The molecule has 5 nitrogen and oxygen atoms in total. The van der Waals surface area contributed by atoms with Crippen molar-refractivity contribution in [1.29, 1.82) is 0 Å². The molecule has 0 spiro atoms. The zero-order chi connectivity index (χ0) is 19.2. The van der Waals surface area contributed by atoms with E-state index >= 15 is 0 Å². The number of carbonyl (C=O) groups excluding carboxylic acids is 1. The van der Waals surface area contributed by atoms with Crippen molar-refractivity contribution in [3.63, 3.8) is 0 Å². The Kier molecular flexibility index (Phi) is 4.72. The third-order valence-electron chi connectivity index (χ3n) is 5.71. The van der Waals surface area contributed by atoms with Crippen LogP contribution in [0.4, 0.5) is 8.78 Å². The summed E-state index contributed by atoms with van der Waals surface area (Å²) < 4.78 is 33.8. The van der Waals surface area contributed by atoms with Crippen LogP contribution in [0.2, 0.25) is 5.02 Å². The van der Waals surface area contributed by atoms with Gasteiger partial charge in [-0.15, -0.1) is 0 Å². The van der Waals surface area contributed by atoms with Crippen molar-refractivity contribution >= 4 is 28.4 Å². The molecule has 0 amide bonds. The van der Waals surface area contributed by atoms with E-state index in [-0.39, 0.29) is 50.4 Å². The van der Waals surface area contributed by atoms with Crippen LogP contribution in [0.15, 0.2) is 18.5 Å². The summed E-state index contributed by atoms with van der Waals surface area (Å²) in [6.45, 7) is 1.11. The maximum absolute atomic E-state index is 13.3. The molecule has 3 heterocycles. The van der Waals surface area contributed by atoms with Crippen molar-refractivity contribution < 1.29 is 23.4 Å². The van der Waals surface area contributed by atoms with Crippen LogP contribution in [0.3, 0.4) is 0 Å². The summed E-state index contributed by atoms with van der Waals surface area (Å²) in [7, 11) is 0. The molecule has 0 bridgehead atoms. The first-order chi connectivity index (χ1) is 12.8. The van der Waals surface area contributed by atoms with Gasteiger partial charge in [-0.1, -0.05) is 11.6 Å². The van der Waals surface area contributed by atoms with Crippen LogP contribution in [0.25, 0.3) is 11.0 Å². The van der Waals surface area contributed by atoms with E-state index in [9.17, 15) is 18.7 Å². The van der Waals surface area contributed by atoms with Crippen molar-refractivity contribution in [2.45, 2.75) is 56.1 Å². The van der Waals surface area contributed by atoms with E-state index in [4.69, 9.17) is 16.3 Å². The quantitative estimate of drug-likeness (QED) is 0.768. The van der Waals surface area contributed by atoms with Gasteiger partial charge in [0.1, 0.15) is 5.65 Å². The monoisotopic (exact) mass is 398 g/mol. The number of halogens is 3. The van der Waals surface area contributed by atoms with Gasteiger partial charge in [-0.2, -0.15) is 0 Å². The molecule has 1 saturated heterocycles. The van der Waals surface area contributed by atoms with Gasteiger partial charge in [0, 0.05) is 42.6 Å². The highest BCUT2D eigenvalue weighted by Crippen LogP contribution is 2.41. The molecule has 2 aromatic heterocycles. The van der Waals surface area contributed by atoms with E-state index in [1.165, 1.54) is 0 Å². The number of aromatic nitrogens is 2. The van der Waals surface area contributed by atoms with Crippen LogP contribution in [-0.2, 0) is 4.74 Å². The lowest BCUT2D eigenvalue weighted by atomic mass is 9.79. The number of rotatable bonds is 5. The molecule has 146 valence electrons. The number of hydrogen-bond donors (Lipinski definition) is 1. The molecule has 27 heavy (non-hydrogen) atoms. The zero-order valence-corrected chi connectivity index (χ0v) is 15.5. The van der Waals surface area contributed by atoms with Gasteiger partial charge in [-0.05, 0) is 25.3 Å². The average Bonchev–Trinajstić information content (AvgIpc) is 2.96. The largest absolute Gasteiger partial charge is 0.390 e. The number of Topliss-reactive ketones (excluding diaryl/α,β-unsaturated/α-hetero) is 1. The normalized spacial score (nSPS) is 21.9. The molecular formula is C19H21ClF2N2O3. The zero-order valence-electron chi connectivity index (χ0n) is 14.8. The third kappa shape index (κ3) is 3.60. The molecule has 0 atom stereocenters. The van der Waals surface area contributed by atoms with Crippen LogP contribution in [0, 0.1) is 0 Å². The van der Waals surface area contributed by atoms with Gasteiger partial charge in [0.25, 0.3) is 0 Å². The van der Waals surface area contributed by atoms with Gasteiger partial charge in [-0.25, -0.2) is 13.8 Å². The maximum Gasteiger partial charge on any atom is 0.248 e. The molecule has 1 aliphatic heterocycles. The summed E-state index contributed by atoms with van der Waals surface area (Å²) in [5.74, 6) is -2.88. The van der Waals surface area contributed by atoms with Crippen LogP contribution in [0.5, 0.6) is 0 Å². The SMILES string of the molecule is O=C(CCC1(O)CCC(F)(F)CC1)c1cn(C2COC2)c2nccc(Cl)c12. The molecule has 1 N–H and O–H groups in total. The van der Waals surface area contributed by atoms with Crippen molar-refractivity contribution in [2.24, 2.45) is 0 Å². The van der Waals surface area contributed by atoms with Crippen molar-refractivity contribution in [3.8, 4) is 0 Å². The predicted molar refractivity (Wildman–Crippen MR) is 96.5 cm³/mol. The second-order valence-corrected chi connectivity index (χ2v) is 8.04. The molecule has 1 aliphatic carbocycles. The third-order valence-corrected chi connectivity index (χ3v) is 6.02. The summed E-state index contributed by atoms with van der Waals surface area (Å²) in [5.41, 5.74) is -0.116. The Balaban J connectivity index is 1.54. The highest BCUT2D eigenvalue weighted by Gasteiger charge is 2.42. The van der Waals surface area contributed by atoms with Gasteiger partial charge in [0.05, 0.1) is 29.9 Å². The fraction of sp³-hybridized carbons (Fsp3) is 0.579. The van der Waals surface area contributed by atoms with Crippen molar-refractivity contribution in [1.82, 2.24) is 9.55 Å². The summed E-state index contributed by atoms with van der Waals surface area (Å²) >= 11 is 6.32. The Morgan fingerprint density at radius 3 is 2.67 bits per heavy atom. The molecule has 2 aromatic rings. The number of nitrogens with zero attached hydrogens (tertiary/aromatic N) is 2. The lowest BCUT2D eigenvalue weighted by Gasteiger charge is -2.35. The first-order valence-electron chi connectivity index (χ1n) is 9.14. The summed E-state index contributed by atoms with van der Waals surface area (Å²) in [6, 6.07) is 1.75. The van der Waals surface area contributed by atoms with E-state index in [1.807, 2.05) is 4.57 Å². The number of pyridine rings is 1. The number of ketones is 1. The number of ether oxygens (including phenoxy) is 1. The molecule has 1 saturated carbocycles. The van der Waals surface area contributed by atoms with E-state index in [1.54, 1.807) is 18.5 Å². The first-order valence-corrected chi connectivity index (χ1v) is 9.52. The second kappa shape index (κ2) is 6.79. The van der Waals surface area contributed by atoms with Gasteiger partial charge in [-0.3, -0.25) is 4.79 Å². The highest BCUT2D eigenvalue weighted by molar-refractivity contribution is 6.36. The van der Waals surface area contributed by atoms with Gasteiger partial charge < -0.3 is 14.4 Å². The fourth-order valence-corrected chi connectivity index (χ4v) is 4.07. The van der Waals surface area contributed by atoms with Crippen molar-refractivity contribution in [3.05, 3.63) is 29.0 Å². The van der Waals surface area contributed by atoms with Crippen molar-refractivity contribution in [2.75, 3.05) is 13.2 Å². The molecule has 0 aromatic carbocycles. The molecule has 0 radical (unpaired) electrons. The van der Waals surface area contributed by atoms with Crippen LogP contribution in [0.1, 0.15) is 54.9 Å². The Bertz CT molecular complexity index is 869. The smallest absolute Gasteiger partial charge is 0.248 e. The molecular weight excluding hydrogens is 378 g/mol. The Hall–Kier alpha value is -1.57. The first kappa shape index (κ1) is 18.8. The lowest BCUT2D eigenvalue weighted by Crippen LogP contribution is -2.38. The minimum absolute atomic E-state index is 0.0107. The molecule has 8 heteroatoms. The topological polar surface area (TPSA) is 64.3 Å². The summed E-state index contributed by atoms with van der Waals surface area (Å²) in [4.78, 5) is 17.2. The number of fused-ring (bicyclic) bond motifs is 1. The van der Waals surface area contributed by atoms with Gasteiger partial charge >= 0.3 is 0 Å². The summed E-state index contributed by atoms with van der Waals surface area (Å²) in [5, 5.41) is 11.6. The average molecular weight is 399 g/mol. The number of hydrogen-bond acceptors (Lipinski definition) is 4. The van der Waals surface area contributed by atoms with E-state index < -0.39 is 11.5 Å². The number of alkyl halides is 2. The Morgan fingerprint density at radius 1 is 1.33 bits per heavy atom. The van der Waals surface area contributed by atoms with Crippen LogP contribution < -0.4 is 0 Å². The molecule has 4 rings (SSSR count). The van der Waals surface area contributed by atoms with Crippen LogP contribution in [-0.4, -0.2) is 45.2 Å². The van der Waals surface area contributed by atoms with E-state index in [2.05, 4.69) is 4.98 Å². The number of aliphatic hydroxyl groups is 1. The minimum Gasteiger partial charge on any atom is -0.390 e. The molecule has 2 fully saturated rings. The maximum atomic E-state index is 13.3. The second-order valence-electron chi connectivity index (χ2n) is 7.64. The molecule has 2 aliphatic rings. The van der Waals surface area contributed by atoms with Gasteiger partial charge in [0.2, 0.25) is 5.92 Å². The molecule has 0 unspecified atom stereocenters. The van der Waals surface area contributed by atoms with E-state index in [0.717, 1.165) is 0 Å². The highest BCUT2D eigenvalue weighted by atomic mass is 35.5.